The third kappa shape index (κ3) is 3.07. The normalized spacial score (nSPS) is 30.1. The van der Waals surface area contributed by atoms with E-state index in [1.807, 2.05) is 0 Å². The summed E-state index contributed by atoms with van der Waals surface area (Å²) in [4.78, 5) is 0. The molecule has 1 heterocycles. The lowest BCUT2D eigenvalue weighted by Crippen LogP contribution is -2.65. The van der Waals surface area contributed by atoms with Crippen LogP contribution in [-0.4, -0.2) is 17.3 Å². The third-order valence-electron chi connectivity index (χ3n) is 4.22. The molecule has 3 unspecified atom stereocenters. The fraction of sp³-hybridized carbons (Fsp3) is 0.533. The van der Waals surface area contributed by atoms with E-state index >= 15 is 0 Å². The van der Waals surface area contributed by atoms with E-state index in [-0.39, 0.29) is 0 Å². The number of benzene rings is 1. The lowest BCUT2D eigenvalue weighted by atomic mass is 9.81. The quantitative estimate of drug-likeness (QED) is 0.739. The maximum atomic E-state index is 5.32. The fourth-order valence-corrected chi connectivity index (χ4v) is 3.50. The molecule has 1 aromatic carbocycles. The highest BCUT2D eigenvalue weighted by molar-refractivity contribution is 7.80. The summed E-state index contributed by atoms with van der Waals surface area (Å²) >= 11 is 5.32. The van der Waals surface area contributed by atoms with Gasteiger partial charge in [0.2, 0.25) is 0 Å². The predicted molar refractivity (Wildman–Crippen MR) is 81.7 cm³/mol. The minimum Gasteiger partial charge on any atom is -0.360 e. The van der Waals surface area contributed by atoms with Gasteiger partial charge in [0, 0.05) is 18.5 Å². The van der Waals surface area contributed by atoms with Gasteiger partial charge in [-0.2, -0.15) is 0 Å². The van der Waals surface area contributed by atoms with Crippen LogP contribution in [0.25, 0.3) is 0 Å². The van der Waals surface area contributed by atoms with Crippen LogP contribution in [0.4, 0.5) is 0 Å². The van der Waals surface area contributed by atoms with Crippen molar-refractivity contribution in [1.29, 1.82) is 0 Å². The summed E-state index contributed by atoms with van der Waals surface area (Å²) in [6.45, 7) is 0.893. The van der Waals surface area contributed by atoms with Gasteiger partial charge in [-0.15, -0.1) is 0 Å². The zero-order chi connectivity index (χ0) is 13.1. The summed E-state index contributed by atoms with van der Waals surface area (Å²) in [6, 6.07) is 11.1. The van der Waals surface area contributed by atoms with Gasteiger partial charge in [0.15, 0.2) is 5.11 Å². The van der Waals surface area contributed by atoms with E-state index in [2.05, 4.69) is 46.3 Å². The molecule has 3 rings (SSSR count). The van der Waals surface area contributed by atoms with Crippen LogP contribution in [0.15, 0.2) is 30.3 Å². The van der Waals surface area contributed by atoms with Crippen LogP contribution in [0.5, 0.6) is 0 Å². The molecule has 2 fully saturated rings. The molecule has 0 bridgehead atoms. The molecule has 3 N–H and O–H groups in total. The summed E-state index contributed by atoms with van der Waals surface area (Å²) < 4.78 is 0. The van der Waals surface area contributed by atoms with Gasteiger partial charge in [-0.05, 0) is 30.6 Å². The summed E-state index contributed by atoms with van der Waals surface area (Å²) in [6.07, 6.45) is 5.48. The van der Waals surface area contributed by atoms with E-state index in [4.69, 9.17) is 12.2 Å². The zero-order valence-corrected chi connectivity index (χ0v) is 11.9. The second-order valence-corrected chi connectivity index (χ2v) is 5.93. The smallest absolute Gasteiger partial charge is 0.167 e. The lowest BCUT2D eigenvalue weighted by Gasteiger charge is -2.43. The van der Waals surface area contributed by atoms with Crippen LogP contribution in [0, 0.1) is 5.92 Å². The Hall–Kier alpha value is -1.13. The molecule has 19 heavy (non-hydrogen) atoms. The third-order valence-corrected chi connectivity index (χ3v) is 4.46. The van der Waals surface area contributed by atoms with Gasteiger partial charge < -0.3 is 10.6 Å². The average molecular weight is 275 g/mol. The molecular formula is C15H21N3S. The Morgan fingerprint density at radius 2 is 1.89 bits per heavy atom. The largest absolute Gasteiger partial charge is 0.360 e. The van der Waals surface area contributed by atoms with E-state index in [9.17, 15) is 0 Å². The second kappa shape index (κ2) is 5.88. The van der Waals surface area contributed by atoms with Gasteiger partial charge in [0.1, 0.15) is 0 Å². The molecule has 102 valence electrons. The van der Waals surface area contributed by atoms with Crippen LogP contribution in [0.2, 0.25) is 0 Å². The molecule has 0 radical (unpaired) electrons. The molecular weight excluding hydrogens is 254 g/mol. The monoisotopic (exact) mass is 275 g/mol. The number of rotatable bonds is 3. The topological polar surface area (TPSA) is 36.1 Å². The highest BCUT2D eigenvalue weighted by Crippen LogP contribution is 2.28. The molecule has 4 heteroatoms. The molecule has 1 aliphatic carbocycles. The van der Waals surface area contributed by atoms with Crippen molar-refractivity contribution in [3.8, 4) is 0 Å². The van der Waals surface area contributed by atoms with Gasteiger partial charge >= 0.3 is 0 Å². The van der Waals surface area contributed by atoms with E-state index in [0.29, 0.717) is 18.1 Å². The zero-order valence-electron chi connectivity index (χ0n) is 11.1. The van der Waals surface area contributed by atoms with Crippen molar-refractivity contribution in [2.45, 2.75) is 44.4 Å². The van der Waals surface area contributed by atoms with Crippen molar-refractivity contribution in [3.63, 3.8) is 0 Å². The van der Waals surface area contributed by atoms with E-state index in [1.165, 1.54) is 31.2 Å². The molecule has 1 saturated heterocycles. The lowest BCUT2D eigenvalue weighted by molar-refractivity contribution is 0.188. The van der Waals surface area contributed by atoms with Crippen molar-refractivity contribution in [1.82, 2.24) is 16.0 Å². The SMILES string of the molecule is S=C1NC2CCCCC2C(NCc2ccccc2)N1. The average Bonchev–Trinajstić information content (AvgIpc) is 2.45. The molecule has 1 saturated carbocycles. The van der Waals surface area contributed by atoms with Crippen molar-refractivity contribution >= 4 is 17.3 Å². The second-order valence-electron chi connectivity index (χ2n) is 5.52. The Kier molecular flexibility index (Phi) is 3.99. The van der Waals surface area contributed by atoms with E-state index in [0.717, 1.165) is 11.7 Å². The Morgan fingerprint density at radius 1 is 1.11 bits per heavy atom. The fourth-order valence-electron chi connectivity index (χ4n) is 3.22. The molecule has 0 aromatic heterocycles. The summed E-state index contributed by atoms with van der Waals surface area (Å²) in [7, 11) is 0. The number of hydrogen-bond acceptors (Lipinski definition) is 2. The minimum absolute atomic E-state index is 0.305. The van der Waals surface area contributed by atoms with Gasteiger partial charge in [-0.3, -0.25) is 5.32 Å². The first-order chi connectivity index (χ1) is 9.33. The maximum absolute atomic E-state index is 5.32. The number of fused-ring (bicyclic) bond motifs is 1. The van der Waals surface area contributed by atoms with Crippen LogP contribution in [0.1, 0.15) is 31.2 Å². The molecule has 1 aliphatic heterocycles. The summed E-state index contributed by atoms with van der Waals surface area (Å²) in [5, 5.41) is 11.3. The van der Waals surface area contributed by atoms with E-state index in [1.54, 1.807) is 0 Å². The first-order valence-corrected chi connectivity index (χ1v) is 7.58. The van der Waals surface area contributed by atoms with Gasteiger partial charge in [-0.1, -0.05) is 43.2 Å². The number of thiocarbonyl (C=S) groups is 1. The van der Waals surface area contributed by atoms with Gasteiger partial charge in [0.25, 0.3) is 0 Å². The molecule has 2 aliphatic rings. The van der Waals surface area contributed by atoms with Gasteiger partial charge in [0.05, 0.1) is 6.17 Å². The van der Waals surface area contributed by atoms with E-state index < -0.39 is 0 Å². The Labute approximate surface area is 120 Å². The summed E-state index contributed by atoms with van der Waals surface area (Å²) in [5.41, 5.74) is 1.32. The predicted octanol–water partition coefficient (Wildman–Crippen LogP) is 2.14. The van der Waals surface area contributed by atoms with Crippen molar-refractivity contribution < 1.29 is 0 Å². The Bertz CT molecular complexity index is 434. The first kappa shape index (κ1) is 12.9. The molecule has 0 amide bonds. The van der Waals surface area contributed by atoms with Crippen molar-refractivity contribution in [2.24, 2.45) is 5.92 Å². The van der Waals surface area contributed by atoms with Crippen LogP contribution in [-0.2, 0) is 6.54 Å². The Morgan fingerprint density at radius 3 is 2.74 bits per heavy atom. The standard InChI is InChI=1S/C15H21N3S/c19-15-17-13-9-5-4-8-12(13)14(18-15)16-10-11-6-2-1-3-7-11/h1-3,6-7,12-14,16H,4-5,8-10H2,(H2,17,18,19). The first-order valence-electron chi connectivity index (χ1n) is 7.17. The maximum Gasteiger partial charge on any atom is 0.167 e. The highest BCUT2D eigenvalue weighted by atomic mass is 32.1. The van der Waals surface area contributed by atoms with Crippen molar-refractivity contribution in [2.75, 3.05) is 0 Å². The number of nitrogens with one attached hydrogen (secondary N) is 3. The number of hydrogen-bond donors (Lipinski definition) is 3. The van der Waals surface area contributed by atoms with Crippen LogP contribution < -0.4 is 16.0 Å². The molecule has 0 spiro atoms. The highest BCUT2D eigenvalue weighted by Gasteiger charge is 2.36. The molecule has 1 aromatic rings. The van der Waals surface area contributed by atoms with Crippen molar-refractivity contribution in [3.05, 3.63) is 35.9 Å². The summed E-state index contributed by atoms with van der Waals surface area (Å²) in [5.74, 6) is 0.643. The van der Waals surface area contributed by atoms with Crippen LogP contribution in [0.3, 0.4) is 0 Å². The Balaban J connectivity index is 1.63. The van der Waals surface area contributed by atoms with Crippen LogP contribution >= 0.6 is 12.2 Å². The minimum atomic E-state index is 0.305. The molecule has 3 nitrogen and oxygen atoms in total. The molecule has 3 atom stereocenters. The van der Waals surface area contributed by atoms with Gasteiger partial charge in [-0.25, -0.2) is 0 Å².